The minimum Gasteiger partial charge on any atom is -1.00 e. The summed E-state index contributed by atoms with van der Waals surface area (Å²) < 4.78 is 12.2. The van der Waals surface area contributed by atoms with Gasteiger partial charge in [0.1, 0.15) is 5.52 Å². The number of rotatable bonds is 5. The first-order valence-electron chi connectivity index (χ1n) is 5.67. The molecular weight excluding hydrogens is 327 g/mol. The Morgan fingerprint density at radius 2 is 2.00 bits per heavy atom. The molecule has 12 heteroatoms. The molecule has 1 atom stereocenters. The molecule has 0 spiro atoms. The monoisotopic (exact) mass is 336 g/mol. The minimum absolute atomic E-state index is 0. The van der Waals surface area contributed by atoms with Crippen molar-refractivity contribution in [1.29, 1.82) is 0 Å². The number of ether oxygens (including phenoxy) is 1. The molecule has 2 aromatic rings. The average molecular weight is 336 g/mol. The maximum absolute atomic E-state index is 11.7. The number of benzene rings is 1. The number of nitrogens with zero attached hydrogens (tertiary/aromatic N) is 4. The Labute approximate surface area is 150 Å². The van der Waals surface area contributed by atoms with E-state index in [1.807, 2.05) is 0 Å². The van der Waals surface area contributed by atoms with Crippen molar-refractivity contribution in [3.8, 4) is 0 Å². The van der Waals surface area contributed by atoms with E-state index in [0.29, 0.717) is 11.7 Å². The number of esters is 1. The van der Waals surface area contributed by atoms with Crippen LogP contribution in [0.3, 0.4) is 0 Å². The summed E-state index contributed by atoms with van der Waals surface area (Å²) in [5, 5.41) is 22.0. The van der Waals surface area contributed by atoms with Crippen LogP contribution >= 0.6 is 11.7 Å². The summed E-state index contributed by atoms with van der Waals surface area (Å²) in [6, 6.07) is 0.401. The molecule has 10 nitrogen and oxygen atoms in total. The first-order valence-corrected chi connectivity index (χ1v) is 6.40. The number of nitro benzene ring substituents is 1. The van der Waals surface area contributed by atoms with Crippen LogP contribution in [0.5, 0.6) is 0 Å². The van der Waals surface area contributed by atoms with Crippen LogP contribution in [0.2, 0.25) is 0 Å². The molecule has 0 saturated heterocycles. The van der Waals surface area contributed by atoms with Crippen molar-refractivity contribution in [3.05, 3.63) is 37.9 Å². The van der Waals surface area contributed by atoms with Gasteiger partial charge in [-0.15, -0.1) is 0 Å². The molecule has 0 radical (unpaired) electrons. The van der Waals surface area contributed by atoms with Gasteiger partial charge in [0.25, 0.3) is 5.69 Å². The largest absolute Gasteiger partial charge is 1.00 e. The van der Waals surface area contributed by atoms with E-state index in [0.717, 1.165) is 12.1 Å². The number of fused-ring (bicyclic) bond motifs is 1. The summed E-state index contributed by atoms with van der Waals surface area (Å²) in [5.41, 5.74) is -0.524. The second-order valence-electron chi connectivity index (χ2n) is 3.83. The molecule has 0 bridgehead atoms. The Balaban J connectivity index is 0.00000242. The summed E-state index contributed by atoms with van der Waals surface area (Å²) in [6.07, 6.45) is 0. The van der Waals surface area contributed by atoms with Crippen LogP contribution in [0.15, 0.2) is 12.1 Å². The molecule has 1 heterocycles. The van der Waals surface area contributed by atoms with E-state index in [2.05, 4.69) is 13.5 Å². The second-order valence-corrected chi connectivity index (χ2v) is 4.36. The SMILES string of the molecule is CCOC(=O)C(c1ccc([N+](=O)[O-])c2nsnc12)[N+](=O)[O-].[H-].[Na+]. The van der Waals surface area contributed by atoms with Gasteiger partial charge >= 0.3 is 41.6 Å². The number of hydrogen-bond acceptors (Lipinski definition) is 9. The molecule has 1 aromatic heterocycles. The minimum atomic E-state index is -1.79. The van der Waals surface area contributed by atoms with Crippen molar-refractivity contribution in [2.75, 3.05) is 6.61 Å². The first-order chi connectivity index (χ1) is 9.97. The smallest absolute Gasteiger partial charge is 1.00 e. The average Bonchev–Trinajstić information content (AvgIpc) is 2.87. The van der Waals surface area contributed by atoms with E-state index in [4.69, 9.17) is 0 Å². The summed E-state index contributed by atoms with van der Waals surface area (Å²) in [5.74, 6) is -1.05. The molecule has 22 heavy (non-hydrogen) atoms. The third kappa shape index (κ3) is 3.38. The molecule has 0 aliphatic carbocycles. The standard InChI is InChI=1S/C10H8N4O6S.Na.H/c1-2-20-10(15)9(14(18)19)5-3-4-6(13(16)17)8-7(5)11-21-12-8;;/h3-4,9H,2H2,1H3;;/q;+1;-1. The second kappa shape index (κ2) is 7.54. The van der Waals surface area contributed by atoms with Gasteiger partial charge in [-0.05, 0) is 13.0 Å². The predicted molar refractivity (Wildman–Crippen MR) is 71.5 cm³/mol. The number of non-ortho nitro benzene ring substituents is 1. The molecule has 0 N–H and O–H groups in total. The van der Waals surface area contributed by atoms with Crippen LogP contribution < -0.4 is 29.6 Å². The molecule has 0 aliphatic heterocycles. The first kappa shape index (κ1) is 18.4. The zero-order valence-electron chi connectivity index (χ0n) is 12.6. The maximum Gasteiger partial charge on any atom is 1.00 e. The number of nitro groups is 2. The molecule has 0 amide bonds. The van der Waals surface area contributed by atoms with E-state index in [1.165, 1.54) is 6.92 Å². The van der Waals surface area contributed by atoms with Crippen LogP contribution in [0, 0.1) is 20.2 Å². The van der Waals surface area contributed by atoms with Crippen LogP contribution in [-0.4, -0.2) is 31.2 Å². The van der Waals surface area contributed by atoms with Crippen molar-refractivity contribution in [2.45, 2.75) is 13.0 Å². The van der Waals surface area contributed by atoms with Crippen molar-refractivity contribution in [2.24, 2.45) is 0 Å². The molecule has 0 aliphatic rings. The van der Waals surface area contributed by atoms with Gasteiger partial charge in [-0.3, -0.25) is 20.2 Å². The maximum atomic E-state index is 11.7. The molecule has 0 saturated carbocycles. The fourth-order valence-electron chi connectivity index (χ4n) is 1.79. The molecule has 1 unspecified atom stereocenters. The van der Waals surface area contributed by atoms with Crippen molar-refractivity contribution in [3.63, 3.8) is 0 Å². The molecule has 2 rings (SSSR count). The normalized spacial score (nSPS) is 11.5. The van der Waals surface area contributed by atoms with E-state index >= 15 is 0 Å². The predicted octanol–water partition coefficient (Wildman–Crippen LogP) is -1.40. The van der Waals surface area contributed by atoms with Crippen LogP contribution in [0.25, 0.3) is 11.0 Å². The molecule has 112 valence electrons. The van der Waals surface area contributed by atoms with Gasteiger partial charge in [-0.2, -0.15) is 8.75 Å². The summed E-state index contributed by atoms with van der Waals surface area (Å²) >= 11 is 0.674. The summed E-state index contributed by atoms with van der Waals surface area (Å²) in [7, 11) is 0. The quantitative estimate of drug-likeness (QED) is 0.281. The number of hydrogen-bond donors (Lipinski definition) is 0. The van der Waals surface area contributed by atoms with Crippen LogP contribution in [0.1, 0.15) is 20.0 Å². The van der Waals surface area contributed by atoms with E-state index < -0.39 is 21.9 Å². The number of carbonyl (C=O) groups excluding carboxylic acids is 1. The van der Waals surface area contributed by atoms with Crippen molar-refractivity contribution >= 4 is 34.4 Å². The van der Waals surface area contributed by atoms with Gasteiger partial charge in [-0.25, -0.2) is 4.79 Å². The van der Waals surface area contributed by atoms with Gasteiger partial charge in [-0.1, -0.05) is 0 Å². The fourth-order valence-corrected chi connectivity index (χ4v) is 2.36. The zero-order valence-corrected chi connectivity index (χ0v) is 14.4. The van der Waals surface area contributed by atoms with Crippen LogP contribution in [-0.2, 0) is 9.53 Å². The number of aromatic nitrogens is 2. The Hall–Kier alpha value is -1.69. The third-order valence-electron chi connectivity index (χ3n) is 2.64. The molecular formula is C10H9N4NaO6S. The van der Waals surface area contributed by atoms with Gasteiger partial charge in [0.15, 0.2) is 5.52 Å². The fraction of sp³-hybridized carbons (Fsp3) is 0.300. The summed E-state index contributed by atoms with van der Waals surface area (Å²) in [6.45, 7) is 1.50. The summed E-state index contributed by atoms with van der Waals surface area (Å²) in [4.78, 5) is 32.2. The van der Waals surface area contributed by atoms with Gasteiger partial charge in [0.05, 0.1) is 28.8 Å². The van der Waals surface area contributed by atoms with E-state index in [1.54, 1.807) is 0 Å². The van der Waals surface area contributed by atoms with Gasteiger partial charge < -0.3 is 6.16 Å². The van der Waals surface area contributed by atoms with Crippen molar-refractivity contribution < 1.29 is 50.4 Å². The Morgan fingerprint density at radius 3 is 2.55 bits per heavy atom. The topological polar surface area (TPSA) is 138 Å². The molecule has 0 fully saturated rings. The van der Waals surface area contributed by atoms with E-state index in [-0.39, 0.29) is 59.9 Å². The van der Waals surface area contributed by atoms with Crippen LogP contribution in [0.4, 0.5) is 5.69 Å². The van der Waals surface area contributed by atoms with Gasteiger partial charge in [0.2, 0.25) is 0 Å². The zero-order chi connectivity index (χ0) is 15.6. The van der Waals surface area contributed by atoms with Crippen molar-refractivity contribution in [1.82, 2.24) is 8.75 Å². The number of carbonyl (C=O) groups is 1. The Kier molecular flexibility index (Phi) is 6.29. The molecule has 1 aromatic carbocycles. The third-order valence-corrected chi connectivity index (χ3v) is 3.17. The van der Waals surface area contributed by atoms with Gasteiger partial charge in [0, 0.05) is 11.0 Å². The Bertz CT molecular complexity index is 741. The Morgan fingerprint density at radius 1 is 1.36 bits per heavy atom. The van der Waals surface area contributed by atoms with E-state index in [9.17, 15) is 25.0 Å².